The van der Waals surface area contributed by atoms with E-state index in [0.717, 1.165) is 17.4 Å². The first-order chi connectivity index (χ1) is 14.6. The predicted molar refractivity (Wildman–Crippen MR) is 104 cm³/mol. The Labute approximate surface area is 177 Å². The van der Waals surface area contributed by atoms with E-state index in [-0.39, 0.29) is 40.7 Å². The summed E-state index contributed by atoms with van der Waals surface area (Å²) in [5, 5.41) is 6.20. The number of amides is 2. The van der Waals surface area contributed by atoms with Crippen molar-refractivity contribution in [2.45, 2.75) is 31.5 Å². The second kappa shape index (κ2) is 9.20. The summed E-state index contributed by atoms with van der Waals surface area (Å²) >= 11 is 0.804. The zero-order valence-electron chi connectivity index (χ0n) is 16.3. The number of aromatic nitrogens is 1. The van der Waals surface area contributed by atoms with Crippen molar-refractivity contribution in [3.05, 3.63) is 22.6 Å². The summed E-state index contributed by atoms with van der Waals surface area (Å²) < 4.78 is 69.4. The fourth-order valence-corrected chi connectivity index (χ4v) is 4.29. The lowest BCUT2D eigenvalue weighted by Crippen LogP contribution is -2.45. The van der Waals surface area contributed by atoms with E-state index >= 15 is 0 Å². The quantitative estimate of drug-likeness (QED) is 0.658. The Kier molecular flexibility index (Phi) is 6.82. The van der Waals surface area contributed by atoms with Gasteiger partial charge in [0.15, 0.2) is 6.61 Å². The van der Waals surface area contributed by atoms with Crippen molar-refractivity contribution in [2.24, 2.45) is 0 Å². The molecule has 13 heteroatoms. The number of alkyl carbamates (subject to hydrolysis) is 1. The van der Waals surface area contributed by atoms with Gasteiger partial charge in [0.1, 0.15) is 5.82 Å². The van der Waals surface area contributed by atoms with Crippen LogP contribution in [0.25, 0.3) is 10.2 Å². The minimum absolute atomic E-state index is 0.0231. The summed E-state index contributed by atoms with van der Waals surface area (Å²) in [6.07, 6.45) is -7.65. The fourth-order valence-electron chi connectivity index (χ4n) is 3.26. The summed E-state index contributed by atoms with van der Waals surface area (Å²) in [6, 6.07) is 0.590. The van der Waals surface area contributed by atoms with Crippen LogP contribution in [0.5, 0.6) is 0 Å². The van der Waals surface area contributed by atoms with Gasteiger partial charge in [0.05, 0.1) is 21.3 Å². The average Bonchev–Trinajstić information content (AvgIpc) is 3.14. The Bertz CT molecular complexity index is 958. The van der Waals surface area contributed by atoms with E-state index in [1.54, 1.807) is 4.90 Å². The standard InChI is InChI=1S/C18H19F5N4O3S/c1-24-16(28)10-8-31-15-11(18(21,22)23)6-13(26-14(10)15)27-4-2-9(3-5-27)25-17(29)30-7-12(19)20/h6,8-9,12H,2-5,7H2,1H3,(H,24,28)(H,25,29). The molecular weight excluding hydrogens is 447 g/mol. The third kappa shape index (κ3) is 5.32. The molecule has 0 unspecified atom stereocenters. The van der Waals surface area contributed by atoms with Crippen molar-refractivity contribution in [1.29, 1.82) is 0 Å². The third-order valence-electron chi connectivity index (χ3n) is 4.77. The second-order valence-electron chi connectivity index (χ2n) is 6.83. The van der Waals surface area contributed by atoms with Crippen LogP contribution in [0.2, 0.25) is 0 Å². The van der Waals surface area contributed by atoms with Gasteiger partial charge >= 0.3 is 12.3 Å². The molecule has 1 aliphatic heterocycles. The minimum Gasteiger partial charge on any atom is -0.443 e. The van der Waals surface area contributed by atoms with Gasteiger partial charge in [-0.1, -0.05) is 0 Å². The summed E-state index contributed by atoms with van der Waals surface area (Å²) in [5.41, 5.74) is -0.832. The van der Waals surface area contributed by atoms with Crippen LogP contribution in [-0.2, 0) is 10.9 Å². The molecule has 7 nitrogen and oxygen atoms in total. The highest BCUT2D eigenvalue weighted by Gasteiger charge is 2.36. The summed E-state index contributed by atoms with van der Waals surface area (Å²) in [6.45, 7) is -0.465. The van der Waals surface area contributed by atoms with Crippen molar-refractivity contribution in [2.75, 3.05) is 31.6 Å². The summed E-state index contributed by atoms with van der Waals surface area (Å²) in [5.74, 6) is -0.462. The topological polar surface area (TPSA) is 83.6 Å². The first kappa shape index (κ1) is 23.0. The number of carbonyl (C=O) groups excluding carboxylic acids is 2. The number of pyridine rings is 1. The molecule has 0 bridgehead atoms. The molecule has 3 heterocycles. The third-order valence-corrected chi connectivity index (χ3v) is 5.77. The van der Waals surface area contributed by atoms with Crippen molar-refractivity contribution >= 4 is 39.4 Å². The number of hydrogen-bond donors (Lipinski definition) is 2. The molecule has 0 spiro atoms. The van der Waals surface area contributed by atoms with Crippen LogP contribution in [0.3, 0.4) is 0 Å². The van der Waals surface area contributed by atoms with Crippen LogP contribution < -0.4 is 15.5 Å². The smallest absolute Gasteiger partial charge is 0.417 e. The Morgan fingerprint density at radius 3 is 2.58 bits per heavy atom. The lowest BCUT2D eigenvalue weighted by molar-refractivity contribution is -0.136. The largest absolute Gasteiger partial charge is 0.443 e. The van der Waals surface area contributed by atoms with Crippen LogP contribution in [-0.4, -0.2) is 56.2 Å². The maximum absolute atomic E-state index is 13.6. The molecule has 1 aliphatic rings. The lowest BCUT2D eigenvalue weighted by atomic mass is 10.0. The second-order valence-corrected chi connectivity index (χ2v) is 7.71. The number of hydrogen-bond acceptors (Lipinski definition) is 6. The van der Waals surface area contributed by atoms with Crippen molar-refractivity contribution in [3.63, 3.8) is 0 Å². The molecule has 0 atom stereocenters. The van der Waals surface area contributed by atoms with Crippen LogP contribution in [0.1, 0.15) is 28.8 Å². The van der Waals surface area contributed by atoms with Gasteiger partial charge in [-0.3, -0.25) is 4.79 Å². The monoisotopic (exact) mass is 466 g/mol. The Hall–Kier alpha value is -2.70. The molecule has 170 valence electrons. The van der Waals surface area contributed by atoms with Gasteiger partial charge in [-0.2, -0.15) is 13.2 Å². The number of thiophene rings is 1. The molecule has 2 aromatic rings. The highest BCUT2D eigenvalue weighted by atomic mass is 32.1. The zero-order chi connectivity index (χ0) is 22.8. The first-order valence-corrected chi connectivity index (χ1v) is 10.2. The minimum atomic E-state index is -4.63. The van der Waals surface area contributed by atoms with E-state index in [1.165, 1.54) is 12.4 Å². The van der Waals surface area contributed by atoms with E-state index in [9.17, 15) is 31.5 Å². The molecule has 2 amide bonds. The number of anilines is 1. The summed E-state index contributed by atoms with van der Waals surface area (Å²) in [7, 11) is 1.38. The molecule has 3 rings (SSSR count). The zero-order valence-corrected chi connectivity index (χ0v) is 17.1. The van der Waals surface area contributed by atoms with Crippen molar-refractivity contribution in [3.8, 4) is 0 Å². The number of nitrogens with zero attached hydrogens (tertiary/aromatic N) is 2. The molecule has 2 aromatic heterocycles. The van der Waals surface area contributed by atoms with Gasteiger partial charge in [0.2, 0.25) is 0 Å². The number of halogens is 5. The Morgan fingerprint density at radius 2 is 2.00 bits per heavy atom. The number of alkyl halides is 5. The predicted octanol–water partition coefficient (Wildman–Crippen LogP) is 3.63. The molecule has 31 heavy (non-hydrogen) atoms. The van der Waals surface area contributed by atoms with E-state index in [0.29, 0.717) is 12.8 Å². The van der Waals surface area contributed by atoms with Gasteiger partial charge in [0.25, 0.3) is 12.3 Å². The van der Waals surface area contributed by atoms with Gasteiger partial charge in [-0.05, 0) is 18.9 Å². The fraction of sp³-hybridized carbons (Fsp3) is 0.500. The molecule has 2 N–H and O–H groups in total. The van der Waals surface area contributed by atoms with Crippen LogP contribution in [0, 0.1) is 0 Å². The number of fused-ring (bicyclic) bond motifs is 1. The number of carbonyl (C=O) groups is 2. The molecule has 0 radical (unpaired) electrons. The number of ether oxygens (including phenoxy) is 1. The van der Waals surface area contributed by atoms with Gasteiger partial charge in [-0.25, -0.2) is 18.6 Å². The number of rotatable bonds is 5. The van der Waals surface area contributed by atoms with E-state index in [2.05, 4.69) is 20.4 Å². The average molecular weight is 466 g/mol. The lowest BCUT2D eigenvalue weighted by Gasteiger charge is -2.33. The highest BCUT2D eigenvalue weighted by Crippen LogP contribution is 2.40. The molecule has 0 aromatic carbocycles. The normalized spacial score (nSPS) is 15.4. The van der Waals surface area contributed by atoms with E-state index in [4.69, 9.17) is 0 Å². The molecule has 1 saturated heterocycles. The molecule has 0 aliphatic carbocycles. The number of nitrogens with one attached hydrogen (secondary N) is 2. The highest BCUT2D eigenvalue weighted by molar-refractivity contribution is 7.17. The van der Waals surface area contributed by atoms with Gasteiger partial charge in [-0.15, -0.1) is 11.3 Å². The first-order valence-electron chi connectivity index (χ1n) is 9.28. The van der Waals surface area contributed by atoms with Crippen LogP contribution in [0.4, 0.5) is 32.6 Å². The Morgan fingerprint density at radius 1 is 1.32 bits per heavy atom. The number of piperidine rings is 1. The SMILES string of the molecule is CNC(=O)c1csc2c(C(F)(F)F)cc(N3CCC(NC(=O)OCC(F)F)CC3)nc12. The Balaban J connectivity index is 1.79. The van der Waals surface area contributed by atoms with Gasteiger partial charge in [0, 0.05) is 31.6 Å². The maximum Gasteiger partial charge on any atom is 0.417 e. The van der Waals surface area contributed by atoms with E-state index < -0.39 is 36.8 Å². The van der Waals surface area contributed by atoms with Crippen LogP contribution in [0.15, 0.2) is 11.4 Å². The van der Waals surface area contributed by atoms with Crippen molar-refractivity contribution in [1.82, 2.24) is 15.6 Å². The van der Waals surface area contributed by atoms with Gasteiger partial charge < -0.3 is 20.3 Å². The maximum atomic E-state index is 13.6. The van der Waals surface area contributed by atoms with E-state index in [1.807, 2.05) is 0 Å². The van der Waals surface area contributed by atoms with Crippen LogP contribution >= 0.6 is 11.3 Å². The van der Waals surface area contributed by atoms with Crippen molar-refractivity contribution < 1.29 is 36.3 Å². The summed E-state index contributed by atoms with van der Waals surface area (Å²) in [4.78, 5) is 29.5. The molecule has 1 fully saturated rings. The molecule has 0 saturated carbocycles. The molecular formula is C18H19F5N4O3S.